The number of halogens is 1. The molecule has 0 aliphatic carbocycles. The Hall–Kier alpha value is -2.50. The monoisotopic (exact) mass is 495 g/mol. The zero-order valence-electron chi connectivity index (χ0n) is 17.9. The van der Waals surface area contributed by atoms with Gasteiger partial charge in [-0.3, -0.25) is 14.4 Å². The van der Waals surface area contributed by atoms with Crippen molar-refractivity contribution in [2.24, 2.45) is 5.92 Å². The molecule has 2 fully saturated rings. The van der Waals surface area contributed by atoms with Crippen molar-refractivity contribution in [1.82, 2.24) is 4.90 Å². The molecule has 11 heteroatoms. The largest absolute Gasteiger partial charge is 0.326 e. The van der Waals surface area contributed by atoms with Gasteiger partial charge in [-0.15, -0.1) is 0 Å². The molecule has 2 aliphatic heterocycles. The lowest BCUT2D eigenvalue weighted by Crippen LogP contribution is -2.44. The molecule has 2 N–H and O–H groups in total. The second-order valence-corrected chi connectivity index (χ2v) is 12.4. The number of rotatable bonds is 6. The number of benzene rings is 2. The SMILES string of the molecule is O=C(Nc1cccc(S(=O)(=O)Nc2ccccc2F)c1)C1CCN([C@@H]2CCS(=O)(=O)C2)CC1. The lowest BCUT2D eigenvalue weighted by molar-refractivity contribution is -0.121. The maximum absolute atomic E-state index is 13.8. The van der Waals surface area contributed by atoms with Gasteiger partial charge in [0.25, 0.3) is 10.0 Å². The average molecular weight is 496 g/mol. The molecule has 0 spiro atoms. The van der Waals surface area contributed by atoms with Gasteiger partial charge >= 0.3 is 0 Å². The van der Waals surface area contributed by atoms with Crippen LogP contribution in [-0.2, 0) is 24.7 Å². The standard InChI is InChI=1S/C22H26FN3O5S2/c23-20-6-1-2-7-21(20)25-33(30,31)19-5-3-4-17(14-19)24-22(27)16-8-11-26(12-9-16)18-10-13-32(28,29)15-18/h1-7,14,16,18,25H,8-13,15H2,(H,24,27)/t18-/m1/s1. The van der Waals surface area contributed by atoms with Crippen molar-refractivity contribution in [3.63, 3.8) is 0 Å². The Kier molecular flexibility index (Phi) is 6.73. The van der Waals surface area contributed by atoms with Crippen LogP contribution in [0.5, 0.6) is 0 Å². The third-order valence-corrected chi connectivity index (χ3v) is 9.27. The third-order valence-electron chi connectivity index (χ3n) is 6.16. The smallest absolute Gasteiger partial charge is 0.262 e. The van der Waals surface area contributed by atoms with E-state index in [0.29, 0.717) is 38.0 Å². The maximum Gasteiger partial charge on any atom is 0.262 e. The summed E-state index contributed by atoms with van der Waals surface area (Å²) in [6.45, 7) is 1.30. The Bertz CT molecular complexity index is 1240. The highest BCUT2D eigenvalue weighted by Crippen LogP contribution is 2.26. The molecule has 8 nitrogen and oxygen atoms in total. The number of para-hydroxylation sites is 1. The summed E-state index contributed by atoms with van der Waals surface area (Å²) in [5.41, 5.74) is 0.175. The Labute approximate surface area is 193 Å². The summed E-state index contributed by atoms with van der Waals surface area (Å²) in [4.78, 5) is 14.8. The van der Waals surface area contributed by atoms with E-state index < -0.39 is 25.7 Å². The first kappa shape index (κ1) is 23.7. The quantitative estimate of drug-likeness (QED) is 0.637. The molecule has 0 bridgehead atoms. The average Bonchev–Trinajstić information content (AvgIpc) is 3.15. The first-order valence-electron chi connectivity index (χ1n) is 10.8. The van der Waals surface area contributed by atoms with Crippen molar-refractivity contribution in [3.8, 4) is 0 Å². The van der Waals surface area contributed by atoms with Gasteiger partial charge in [0.15, 0.2) is 9.84 Å². The predicted molar refractivity (Wildman–Crippen MR) is 124 cm³/mol. The fourth-order valence-electron chi connectivity index (χ4n) is 4.32. The van der Waals surface area contributed by atoms with Crippen LogP contribution in [0.15, 0.2) is 53.4 Å². The van der Waals surface area contributed by atoms with Gasteiger partial charge in [0.2, 0.25) is 5.91 Å². The molecule has 2 heterocycles. The minimum absolute atomic E-state index is 0.0304. The molecule has 33 heavy (non-hydrogen) atoms. The van der Waals surface area contributed by atoms with Gasteiger partial charge in [-0.2, -0.15) is 0 Å². The van der Waals surface area contributed by atoms with Crippen LogP contribution in [0.4, 0.5) is 15.8 Å². The van der Waals surface area contributed by atoms with E-state index in [2.05, 4.69) is 14.9 Å². The molecular weight excluding hydrogens is 469 g/mol. The molecule has 4 rings (SSSR count). The maximum atomic E-state index is 13.8. The van der Waals surface area contributed by atoms with Crippen LogP contribution < -0.4 is 10.0 Å². The van der Waals surface area contributed by atoms with Crippen molar-refractivity contribution in [2.45, 2.75) is 30.2 Å². The Morgan fingerprint density at radius 1 is 1.03 bits per heavy atom. The molecule has 0 radical (unpaired) electrons. The van der Waals surface area contributed by atoms with Gasteiger partial charge < -0.3 is 5.32 Å². The van der Waals surface area contributed by atoms with Crippen molar-refractivity contribution in [3.05, 3.63) is 54.3 Å². The molecule has 2 aliphatic rings. The molecular formula is C22H26FN3O5S2. The topological polar surface area (TPSA) is 113 Å². The summed E-state index contributed by atoms with van der Waals surface area (Å²) in [5.74, 6) is -0.719. The Morgan fingerprint density at radius 3 is 2.42 bits per heavy atom. The first-order valence-corrected chi connectivity index (χ1v) is 14.1. The van der Waals surface area contributed by atoms with E-state index in [1.807, 2.05) is 0 Å². The number of sulfone groups is 1. The Balaban J connectivity index is 1.36. The fourth-order valence-corrected chi connectivity index (χ4v) is 7.20. The van der Waals surface area contributed by atoms with Gasteiger partial charge in [-0.1, -0.05) is 18.2 Å². The number of carbonyl (C=O) groups is 1. The van der Waals surface area contributed by atoms with Crippen molar-refractivity contribution in [2.75, 3.05) is 34.6 Å². The van der Waals surface area contributed by atoms with E-state index >= 15 is 0 Å². The Morgan fingerprint density at radius 2 is 1.76 bits per heavy atom. The number of piperidine rings is 1. The normalized spacial score (nSPS) is 21.5. The van der Waals surface area contributed by atoms with E-state index in [4.69, 9.17) is 0 Å². The number of likely N-dealkylation sites (tertiary alicyclic amines) is 1. The fraction of sp³-hybridized carbons (Fsp3) is 0.409. The minimum atomic E-state index is -4.04. The summed E-state index contributed by atoms with van der Waals surface area (Å²) in [6.07, 6.45) is 1.85. The van der Waals surface area contributed by atoms with E-state index in [1.165, 1.54) is 36.4 Å². The van der Waals surface area contributed by atoms with Crippen LogP contribution in [-0.4, -0.2) is 58.3 Å². The molecule has 0 saturated carbocycles. The summed E-state index contributed by atoms with van der Waals surface area (Å²) >= 11 is 0. The number of nitrogens with zero attached hydrogens (tertiary/aromatic N) is 1. The number of amides is 1. The first-order chi connectivity index (χ1) is 15.6. The van der Waals surface area contributed by atoms with E-state index in [9.17, 15) is 26.0 Å². The van der Waals surface area contributed by atoms with Crippen LogP contribution in [0.1, 0.15) is 19.3 Å². The highest BCUT2D eigenvalue weighted by atomic mass is 32.2. The summed E-state index contributed by atoms with van der Waals surface area (Å²) < 4.78 is 64.8. The van der Waals surface area contributed by atoms with Gasteiger partial charge in [0.1, 0.15) is 5.82 Å². The molecule has 2 saturated heterocycles. The molecule has 0 unspecified atom stereocenters. The molecule has 1 atom stereocenters. The van der Waals surface area contributed by atoms with Crippen LogP contribution in [0.25, 0.3) is 0 Å². The van der Waals surface area contributed by atoms with E-state index in [-0.39, 0.29) is 40.0 Å². The van der Waals surface area contributed by atoms with Crippen molar-refractivity contribution >= 4 is 37.1 Å². The molecule has 178 valence electrons. The van der Waals surface area contributed by atoms with Gasteiger partial charge in [-0.05, 0) is 62.7 Å². The minimum Gasteiger partial charge on any atom is -0.326 e. The number of carbonyl (C=O) groups excluding carboxylic acids is 1. The highest BCUT2D eigenvalue weighted by Gasteiger charge is 2.35. The zero-order valence-corrected chi connectivity index (χ0v) is 19.5. The molecule has 2 aromatic carbocycles. The number of hydrogen-bond acceptors (Lipinski definition) is 6. The van der Waals surface area contributed by atoms with Crippen molar-refractivity contribution in [1.29, 1.82) is 0 Å². The molecule has 0 aromatic heterocycles. The van der Waals surface area contributed by atoms with Gasteiger partial charge in [-0.25, -0.2) is 21.2 Å². The van der Waals surface area contributed by atoms with E-state index in [0.717, 1.165) is 6.07 Å². The lowest BCUT2D eigenvalue weighted by atomic mass is 9.94. The predicted octanol–water partition coefficient (Wildman–Crippen LogP) is 2.46. The van der Waals surface area contributed by atoms with Crippen LogP contribution in [0, 0.1) is 11.7 Å². The lowest BCUT2D eigenvalue weighted by Gasteiger charge is -2.34. The van der Waals surface area contributed by atoms with Gasteiger partial charge in [0.05, 0.1) is 22.1 Å². The van der Waals surface area contributed by atoms with Crippen LogP contribution in [0.2, 0.25) is 0 Å². The third kappa shape index (κ3) is 5.71. The molecule has 2 aromatic rings. The molecule has 1 amide bonds. The number of nitrogens with one attached hydrogen (secondary N) is 2. The van der Waals surface area contributed by atoms with Crippen molar-refractivity contribution < 1.29 is 26.0 Å². The number of anilines is 2. The van der Waals surface area contributed by atoms with Crippen LogP contribution in [0.3, 0.4) is 0 Å². The van der Waals surface area contributed by atoms with Crippen LogP contribution >= 0.6 is 0 Å². The summed E-state index contributed by atoms with van der Waals surface area (Å²) in [5, 5.41) is 2.78. The second kappa shape index (κ2) is 9.40. The zero-order chi connectivity index (χ0) is 23.6. The summed E-state index contributed by atoms with van der Waals surface area (Å²) in [6, 6.07) is 11.3. The number of hydrogen-bond donors (Lipinski definition) is 2. The second-order valence-electron chi connectivity index (χ2n) is 8.47. The summed E-state index contributed by atoms with van der Waals surface area (Å²) in [7, 11) is -6.99. The van der Waals surface area contributed by atoms with Gasteiger partial charge in [0, 0.05) is 17.6 Å². The highest BCUT2D eigenvalue weighted by molar-refractivity contribution is 7.92. The van der Waals surface area contributed by atoms with E-state index in [1.54, 1.807) is 6.07 Å². The number of sulfonamides is 1.